The molecule has 0 bridgehead atoms. The molecule has 0 amide bonds. The van der Waals surface area contributed by atoms with Crippen molar-refractivity contribution in [1.29, 1.82) is 0 Å². The van der Waals surface area contributed by atoms with E-state index in [0.717, 1.165) is 28.1 Å². The van der Waals surface area contributed by atoms with Crippen molar-refractivity contribution in [3.8, 4) is 17.1 Å². The number of imidazole rings is 1. The number of hydrogen-bond acceptors (Lipinski definition) is 4. The highest BCUT2D eigenvalue weighted by atomic mass is 35.5. The molecule has 0 aliphatic heterocycles. The summed E-state index contributed by atoms with van der Waals surface area (Å²) >= 11 is 3.95. The van der Waals surface area contributed by atoms with Crippen LogP contribution in [0.1, 0.15) is 5.69 Å². The zero-order valence-electron chi connectivity index (χ0n) is 13.9. The molecule has 9 heteroatoms. The molecule has 4 aromatic rings. The van der Waals surface area contributed by atoms with Crippen LogP contribution in [-0.2, 0) is 17.8 Å². The molecule has 136 valence electrons. The van der Waals surface area contributed by atoms with E-state index < -0.39 is 11.3 Å². The maximum absolute atomic E-state index is 10.7. The Morgan fingerprint density at radius 3 is 2.63 bits per heavy atom. The summed E-state index contributed by atoms with van der Waals surface area (Å²) < 4.78 is 23.9. The molecule has 2 N–H and O–H groups in total. The van der Waals surface area contributed by atoms with Gasteiger partial charge in [0, 0.05) is 28.7 Å². The fourth-order valence-electron chi connectivity index (χ4n) is 2.77. The van der Waals surface area contributed by atoms with Gasteiger partial charge < -0.3 is 0 Å². The molecule has 0 radical (unpaired) electrons. The predicted octanol–water partition coefficient (Wildman–Crippen LogP) is 3.36. The zero-order valence-corrected chi connectivity index (χ0v) is 15.5. The number of benzene rings is 1. The fourth-order valence-corrected chi connectivity index (χ4v) is 3.16. The van der Waals surface area contributed by atoms with E-state index in [1.165, 1.54) is 0 Å². The monoisotopic (exact) mass is 399 g/mol. The van der Waals surface area contributed by atoms with E-state index in [4.69, 9.17) is 21.1 Å². The van der Waals surface area contributed by atoms with Crippen LogP contribution in [-0.4, -0.2) is 28.3 Å². The molecule has 4 rings (SSSR count). The molecule has 0 fully saturated rings. The Labute approximate surface area is 162 Å². The summed E-state index contributed by atoms with van der Waals surface area (Å²) in [4.78, 5) is 13.3. The summed E-state index contributed by atoms with van der Waals surface area (Å²) in [6.07, 6.45) is 5.16. The Balaban J connectivity index is 1.80. The van der Waals surface area contributed by atoms with E-state index in [0.29, 0.717) is 10.7 Å². The van der Waals surface area contributed by atoms with Gasteiger partial charge >= 0.3 is 0 Å². The second-order valence-electron chi connectivity index (χ2n) is 5.72. The zero-order chi connectivity index (χ0) is 18.8. The molecular formula is C18H14ClN5O2S. The number of pyridine rings is 2. The van der Waals surface area contributed by atoms with Crippen molar-refractivity contribution in [2.75, 3.05) is 0 Å². The van der Waals surface area contributed by atoms with Gasteiger partial charge in [-0.25, -0.2) is 13.9 Å². The smallest absolute Gasteiger partial charge is 0.232 e. The lowest BCUT2D eigenvalue weighted by Gasteiger charge is -2.10. The first-order chi connectivity index (χ1) is 13.1. The fraction of sp³-hybridized carbons (Fsp3) is 0.0556. The third kappa shape index (κ3) is 3.74. The first kappa shape index (κ1) is 17.7. The van der Waals surface area contributed by atoms with Crippen molar-refractivity contribution in [2.24, 2.45) is 0 Å². The number of fused-ring (bicyclic) bond motifs is 1. The lowest BCUT2D eigenvalue weighted by molar-refractivity contribution is 0.548. The van der Waals surface area contributed by atoms with Gasteiger partial charge in [0.25, 0.3) is 0 Å². The molecule has 3 aromatic heterocycles. The number of rotatable bonds is 5. The Morgan fingerprint density at radius 1 is 1.11 bits per heavy atom. The number of nitrogens with one attached hydrogen (secondary N) is 1. The molecular weight excluding hydrogens is 386 g/mol. The summed E-state index contributed by atoms with van der Waals surface area (Å²) in [6, 6.07) is 13.0. The van der Waals surface area contributed by atoms with E-state index in [9.17, 15) is 4.21 Å². The van der Waals surface area contributed by atoms with Crippen molar-refractivity contribution >= 4 is 33.9 Å². The van der Waals surface area contributed by atoms with Crippen molar-refractivity contribution in [2.45, 2.75) is 6.54 Å². The SMILES string of the molecule is O=S(O)NCc1ccc(-c2nc3ccncc3n2-c2ccc(Cl)cc2)cn1. The standard InChI is InChI=1S/C18H14ClN5O2S/c19-13-2-5-15(6-3-13)24-17-11-20-8-7-16(17)23-18(24)12-1-4-14(21-9-12)10-22-27(25)26/h1-9,11,22H,10H2,(H,25,26). The quantitative estimate of drug-likeness (QED) is 0.502. The first-order valence-corrected chi connectivity index (χ1v) is 9.48. The van der Waals surface area contributed by atoms with Gasteiger partial charge in [-0.15, -0.1) is 0 Å². The topological polar surface area (TPSA) is 92.9 Å². The summed E-state index contributed by atoms with van der Waals surface area (Å²) in [5.41, 5.74) is 4.06. The van der Waals surface area contributed by atoms with Gasteiger partial charge in [-0.2, -0.15) is 0 Å². The lowest BCUT2D eigenvalue weighted by Crippen LogP contribution is -2.16. The maximum atomic E-state index is 10.7. The summed E-state index contributed by atoms with van der Waals surface area (Å²) in [6.45, 7) is 0.195. The van der Waals surface area contributed by atoms with Gasteiger partial charge in [0.2, 0.25) is 11.3 Å². The first-order valence-electron chi connectivity index (χ1n) is 8.00. The second kappa shape index (κ2) is 7.53. The van der Waals surface area contributed by atoms with Crippen LogP contribution in [0.5, 0.6) is 0 Å². The number of aromatic nitrogens is 4. The van der Waals surface area contributed by atoms with Crippen LogP contribution in [0.2, 0.25) is 5.02 Å². The predicted molar refractivity (Wildman–Crippen MR) is 105 cm³/mol. The molecule has 0 aliphatic rings. The molecule has 3 heterocycles. The molecule has 27 heavy (non-hydrogen) atoms. The summed E-state index contributed by atoms with van der Waals surface area (Å²) in [5, 5.41) is 0.655. The summed E-state index contributed by atoms with van der Waals surface area (Å²) in [5.74, 6) is 0.720. The third-order valence-corrected chi connectivity index (χ3v) is 4.64. The van der Waals surface area contributed by atoms with Gasteiger partial charge in [0.1, 0.15) is 5.82 Å². The minimum atomic E-state index is -2.07. The van der Waals surface area contributed by atoms with Crippen LogP contribution < -0.4 is 4.72 Å². The Hall–Kier alpha value is -2.65. The largest absolute Gasteiger partial charge is 0.294 e. The van der Waals surface area contributed by atoms with Gasteiger partial charge in [-0.05, 0) is 42.5 Å². The molecule has 1 atom stereocenters. The van der Waals surface area contributed by atoms with Crippen molar-refractivity contribution in [3.63, 3.8) is 0 Å². The molecule has 0 spiro atoms. The van der Waals surface area contributed by atoms with Crippen LogP contribution in [0.4, 0.5) is 0 Å². The van der Waals surface area contributed by atoms with E-state index >= 15 is 0 Å². The number of nitrogens with zero attached hydrogens (tertiary/aromatic N) is 4. The molecule has 0 saturated carbocycles. The third-order valence-electron chi connectivity index (χ3n) is 4.00. The normalized spacial score (nSPS) is 12.4. The van der Waals surface area contributed by atoms with Gasteiger partial charge in [-0.1, -0.05) is 11.6 Å². The minimum Gasteiger partial charge on any atom is -0.294 e. The molecule has 1 aromatic carbocycles. The highest BCUT2D eigenvalue weighted by molar-refractivity contribution is 7.77. The van der Waals surface area contributed by atoms with Crippen molar-refractivity contribution < 1.29 is 8.76 Å². The van der Waals surface area contributed by atoms with Crippen LogP contribution >= 0.6 is 11.6 Å². The maximum Gasteiger partial charge on any atom is 0.232 e. The Kier molecular flexibility index (Phi) is 4.95. The highest BCUT2D eigenvalue weighted by Crippen LogP contribution is 2.28. The van der Waals surface area contributed by atoms with E-state index in [-0.39, 0.29) is 6.54 Å². The molecule has 0 aliphatic carbocycles. The van der Waals surface area contributed by atoms with Crippen LogP contribution in [0, 0.1) is 0 Å². The van der Waals surface area contributed by atoms with Crippen LogP contribution in [0.15, 0.2) is 61.1 Å². The van der Waals surface area contributed by atoms with E-state index in [2.05, 4.69) is 14.7 Å². The van der Waals surface area contributed by atoms with Gasteiger partial charge in [-0.3, -0.25) is 19.1 Å². The lowest BCUT2D eigenvalue weighted by atomic mass is 10.2. The number of halogens is 1. The Bertz CT molecular complexity index is 1110. The molecule has 0 saturated heterocycles. The van der Waals surface area contributed by atoms with Crippen molar-refractivity contribution in [1.82, 2.24) is 24.2 Å². The molecule has 1 unspecified atom stereocenters. The van der Waals surface area contributed by atoms with E-state index in [1.807, 2.05) is 41.0 Å². The Morgan fingerprint density at radius 2 is 1.93 bits per heavy atom. The second-order valence-corrected chi connectivity index (χ2v) is 6.94. The van der Waals surface area contributed by atoms with E-state index in [1.54, 1.807) is 24.7 Å². The van der Waals surface area contributed by atoms with Crippen LogP contribution in [0.3, 0.4) is 0 Å². The van der Waals surface area contributed by atoms with Crippen molar-refractivity contribution in [3.05, 3.63) is 71.8 Å². The molecule has 7 nitrogen and oxygen atoms in total. The highest BCUT2D eigenvalue weighted by Gasteiger charge is 2.15. The number of hydrogen-bond donors (Lipinski definition) is 2. The average molecular weight is 400 g/mol. The van der Waals surface area contributed by atoms with Gasteiger partial charge in [0.05, 0.1) is 29.5 Å². The minimum absolute atomic E-state index is 0.195. The summed E-state index contributed by atoms with van der Waals surface area (Å²) in [7, 11) is 0. The van der Waals surface area contributed by atoms with Gasteiger partial charge in [0.15, 0.2) is 0 Å². The average Bonchev–Trinajstić information content (AvgIpc) is 3.07. The van der Waals surface area contributed by atoms with Crippen LogP contribution in [0.25, 0.3) is 28.1 Å².